The number of thiol groups is 3. The van der Waals surface area contributed by atoms with Crippen LogP contribution in [0.4, 0.5) is 0 Å². The fraction of sp³-hybridized carbons (Fsp3) is 0.963. The summed E-state index contributed by atoms with van der Waals surface area (Å²) in [6, 6.07) is 0. The van der Waals surface area contributed by atoms with E-state index in [0.29, 0.717) is 53.3 Å². The van der Waals surface area contributed by atoms with Gasteiger partial charge in [-0.2, -0.15) is 37.9 Å². The van der Waals surface area contributed by atoms with Crippen LogP contribution in [-0.2, 0) is 14.4 Å². The summed E-state index contributed by atoms with van der Waals surface area (Å²) < 4.78 is 0. The summed E-state index contributed by atoms with van der Waals surface area (Å²) in [6.45, 7) is 40.1. The van der Waals surface area contributed by atoms with Gasteiger partial charge in [0.1, 0.15) is 0 Å². The third-order valence-corrected chi connectivity index (χ3v) is 24.7. The van der Waals surface area contributed by atoms with Crippen molar-refractivity contribution < 1.29 is 29.7 Å². The number of hydrogen-bond donors (Lipinski definition) is 3. The number of carboxylic acid groups (broad SMARTS) is 3. The number of unbranched alkanes of at least 4 members (excludes halogenated alkanes) is 9. The van der Waals surface area contributed by atoms with Crippen LogP contribution in [0, 0.1) is 69.5 Å². The molecule has 0 aliphatic heterocycles. The third-order valence-electron chi connectivity index (χ3n) is 22.6. The Morgan fingerprint density at radius 1 is 0.261 bits per heavy atom. The SMILES string of the molecule is CCCCC(CC)CC(S)C(CC(CC)CCCC)(CC(CC)CCCC)C(=O)[O-].CCCCC(CC)CC(S)C(CC(CC)CCCC)(CC(CC)CCCC)C(=O)[O-].CCCCC(CC)CC(S)C(CC(CC)CCCC)(CC(CC)CCCC)C(=O)[O-].[CH3][Sn+3]. The molecule has 0 aromatic heterocycles. The Kier molecular flexibility index (Phi) is 68.0. The van der Waals surface area contributed by atoms with Gasteiger partial charge in [-0.05, 0) is 111 Å². The molecule has 12 unspecified atom stereocenters. The molecule has 92 heavy (non-hydrogen) atoms. The first-order chi connectivity index (χ1) is 44.0. The maximum absolute atomic E-state index is 12.8. The molecule has 548 valence electrons. The summed E-state index contributed by atoms with van der Waals surface area (Å²) in [5.41, 5.74) is -2.40. The van der Waals surface area contributed by atoms with Gasteiger partial charge in [0.05, 0.1) is 0 Å². The van der Waals surface area contributed by atoms with Crippen molar-refractivity contribution in [2.75, 3.05) is 0 Å². The molecule has 0 aliphatic carbocycles. The molecule has 0 fully saturated rings. The summed E-state index contributed by atoms with van der Waals surface area (Å²) in [6.07, 6.45) is 48.5. The Balaban J connectivity index is -0.000000622. The second kappa shape index (κ2) is 63.4. The van der Waals surface area contributed by atoms with Crippen molar-refractivity contribution in [1.82, 2.24) is 0 Å². The van der Waals surface area contributed by atoms with Gasteiger partial charge in [0, 0.05) is 49.9 Å². The van der Waals surface area contributed by atoms with Crippen molar-refractivity contribution in [3.63, 3.8) is 0 Å². The molecular formula is C82H162O6S3Sn. The summed E-state index contributed by atoms with van der Waals surface area (Å²) in [5.74, 6) is 1.93. The monoisotopic (exact) mass is 1460 g/mol. The average Bonchev–Trinajstić information content (AvgIpc) is 0.916. The zero-order chi connectivity index (χ0) is 71.0. The Hall–Kier alpha value is 0.259. The van der Waals surface area contributed by atoms with Crippen molar-refractivity contribution in [1.29, 1.82) is 0 Å². The molecule has 0 saturated carbocycles. The molecule has 0 aromatic carbocycles. The first-order valence-electron chi connectivity index (χ1n) is 40.2. The van der Waals surface area contributed by atoms with E-state index in [1.807, 2.05) is 0 Å². The predicted octanol–water partition coefficient (Wildman–Crippen LogP) is 23.7. The van der Waals surface area contributed by atoms with Gasteiger partial charge in [0.2, 0.25) is 0 Å². The minimum absolute atomic E-state index is 0.115. The van der Waals surface area contributed by atoms with Crippen molar-refractivity contribution in [2.24, 2.45) is 69.5 Å². The summed E-state index contributed by atoms with van der Waals surface area (Å²) in [4.78, 5) is 40.6. The topological polar surface area (TPSA) is 120 Å². The van der Waals surface area contributed by atoms with E-state index in [9.17, 15) is 29.7 Å². The van der Waals surface area contributed by atoms with E-state index in [1.54, 1.807) is 22.5 Å². The molecule has 0 heterocycles. The van der Waals surface area contributed by atoms with Crippen LogP contribution in [-0.4, -0.2) is 56.2 Å². The van der Waals surface area contributed by atoms with Gasteiger partial charge < -0.3 is 29.7 Å². The Morgan fingerprint density at radius 3 is 0.478 bits per heavy atom. The van der Waals surface area contributed by atoms with Crippen molar-refractivity contribution in [3.05, 3.63) is 0 Å². The molecule has 0 amide bonds. The van der Waals surface area contributed by atoms with Crippen molar-refractivity contribution in [2.45, 2.75) is 434 Å². The Labute approximate surface area is 607 Å². The molecule has 0 N–H and O–H groups in total. The van der Waals surface area contributed by atoms with Crippen LogP contribution < -0.4 is 15.3 Å². The minimum atomic E-state index is -0.835. The standard InChI is InChI=1S/3C27H54O2S.CH3.Sn/c3*1-7-13-16-22(10-4)19-25(30)27(26(28)29,20-23(11-5)17-14-8-2)21-24(12-6)18-15-9-3;;/h3*22-25,30H,7-21H2,1-6H3,(H,28,29);1H3;/q;;;;+3/p-3. The molecule has 0 aromatic rings. The fourth-order valence-electron chi connectivity index (χ4n) is 15.3. The molecular weight excluding hydrogens is 1300 g/mol. The molecule has 0 radical (unpaired) electrons. The van der Waals surface area contributed by atoms with Gasteiger partial charge in [0.15, 0.2) is 0 Å². The maximum atomic E-state index is 12.8. The Morgan fingerprint density at radius 2 is 0.380 bits per heavy atom. The Bertz CT molecular complexity index is 1410. The molecule has 6 nitrogen and oxygen atoms in total. The molecule has 12 atom stereocenters. The van der Waals surface area contributed by atoms with Gasteiger partial charge >= 0.3 is 27.5 Å². The van der Waals surface area contributed by atoms with E-state index in [0.717, 1.165) is 154 Å². The van der Waals surface area contributed by atoms with Gasteiger partial charge in [-0.3, -0.25) is 0 Å². The molecule has 0 rings (SSSR count). The number of aliphatic carboxylic acids is 3. The van der Waals surface area contributed by atoms with Crippen LogP contribution >= 0.6 is 37.9 Å². The molecule has 0 spiro atoms. The van der Waals surface area contributed by atoms with Gasteiger partial charge in [-0.15, -0.1) is 0 Å². The van der Waals surface area contributed by atoms with Crippen LogP contribution in [0.5, 0.6) is 0 Å². The van der Waals surface area contributed by atoms with Crippen molar-refractivity contribution >= 4 is 78.3 Å². The molecule has 10 heteroatoms. The zero-order valence-electron chi connectivity index (χ0n) is 65.0. The molecule has 0 saturated heterocycles. The van der Waals surface area contributed by atoms with Crippen molar-refractivity contribution in [3.8, 4) is 0 Å². The normalized spacial score (nSPS) is 17.5. The number of carbonyl (C=O) groups is 3. The second-order valence-electron chi connectivity index (χ2n) is 29.6. The first kappa shape index (κ1) is 98.6. The zero-order valence-corrected chi connectivity index (χ0v) is 70.6. The van der Waals surface area contributed by atoms with E-state index >= 15 is 0 Å². The fourth-order valence-corrected chi connectivity index (χ4v) is 17.1. The average molecular weight is 1460 g/mol. The summed E-state index contributed by atoms with van der Waals surface area (Å²) in [5, 5.41) is 38.2. The van der Waals surface area contributed by atoms with E-state index in [1.165, 1.54) is 135 Å². The number of carboxylic acids is 3. The quantitative estimate of drug-likeness (QED) is 0.0412. The molecule has 0 aliphatic rings. The van der Waals surface area contributed by atoms with Gasteiger partial charge in [0.25, 0.3) is 0 Å². The van der Waals surface area contributed by atoms with Gasteiger partial charge in [-0.25, -0.2) is 0 Å². The van der Waals surface area contributed by atoms with Crippen LogP contribution in [0.2, 0.25) is 4.94 Å². The van der Waals surface area contributed by atoms with Gasteiger partial charge in [-0.1, -0.05) is 356 Å². The first-order valence-corrected chi connectivity index (χ1v) is 44.6. The van der Waals surface area contributed by atoms with E-state index in [2.05, 4.69) is 130 Å². The predicted molar refractivity (Wildman–Crippen MR) is 414 cm³/mol. The van der Waals surface area contributed by atoms with Crippen LogP contribution in [0.1, 0.15) is 414 Å². The molecule has 0 bridgehead atoms. The third kappa shape index (κ3) is 41.1. The number of carbonyl (C=O) groups excluding carboxylic acids is 3. The number of rotatable bonds is 60. The summed E-state index contributed by atoms with van der Waals surface area (Å²) in [7, 11) is 0. The van der Waals surface area contributed by atoms with E-state index in [4.69, 9.17) is 37.9 Å². The van der Waals surface area contributed by atoms with E-state index < -0.39 is 34.2 Å². The van der Waals surface area contributed by atoms with Crippen LogP contribution in [0.15, 0.2) is 0 Å². The number of hydrogen-bond acceptors (Lipinski definition) is 9. The van der Waals surface area contributed by atoms with E-state index in [-0.39, 0.29) is 15.7 Å². The second-order valence-corrected chi connectivity index (χ2v) is 31.4. The van der Waals surface area contributed by atoms with Crippen LogP contribution in [0.25, 0.3) is 0 Å². The van der Waals surface area contributed by atoms with Crippen LogP contribution in [0.3, 0.4) is 0 Å². The summed E-state index contributed by atoms with van der Waals surface area (Å²) >= 11 is 16.7.